The number of hydrogen-bond acceptors (Lipinski definition) is 6. The van der Waals surface area contributed by atoms with Gasteiger partial charge in [-0.2, -0.15) is 0 Å². The zero-order valence-electron chi connectivity index (χ0n) is 13.1. The Kier molecular flexibility index (Phi) is 4.95. The molecule has 7 heteroatoms. The molecule has 0 saturated carbocycles. The molecule has 0 bridgehead atoms. The molecule has 0 aliphatic carbocycles. The molecule has 1 atom stereocenters. The van der Waals surface area contributed by atoms with Crippen LogP contribution in [0.2, 0.25) is 0 Å². The van der Waals surface area contributed by atoms with E-state index in [-0.39, 0.29) is 5.91 Å². The number of aryl methyl sites for hydroxylation is 1. The number of morpholine rings is 1. The molecular formula is C15H24N4O2S. The van der Waals surface area contributed by atoms with E-state index in [2.05, 4.69) is 9.88 Å². The summed E-state index contributed by atoms with van der Waals surface area (Å²) < 4.78 is 5.41. The SMILES string of the molecule is Cc1nc(N)sc1C(=O)N1CCCC[C@H]1CN1CCOCC1. The number of likely N-dealkylation sites (tertiary alicyclic amines) is 1. The molecule has 1 amide bonds. The lowest BCUT2D eigenvalue weighted by atomic mass is 10.0. The summed E-state index contributed by atoms with van der Waals surface area (Å²) in [5.74, 6) is 0.102. The lowest BCUT2D eigenvalue weighted by Gasteiger charge is -2.39. The summed E-state index contributed by atoms with van der Waals surface area (Å²) >= 11 is 1.31. The minimum atomic E-state index is 0.102. The summed E-state index contributed by atoms with van der Waals surface area (Å²) in [4.78, 5) is 22.2. The van der Waals surface area contributed by atoms with Gasteiger partial charge in [0, 0.05) is 32.2 Å². The average molecular weight is 324 g/mol. The lowest BCUT2D eigenvalue weighted by molar-refractivity contribution is 0.0167. The number of hydrogen-bond donors (Lipinski definition) is 1. The molecule has 0 aromatic carbocycles. The number of nitrogens with zero attached hydrogens (tertiary/aromatic N) is 3. The van der Waals surface area contributed by atoms with Crippen molar-refractivity contribution in [3.8, 4) is 0 Å². The van der Waals surface area contributed by atoms with Crippen LogP contribution in [0.15, 0.2) is 0 Å². The van der Waals surface area contributed by atoms with Crippen molar-refractivity contribution in [2.24, 2.45) is 0 Å². The van der Waals surface area contributed by atoms with Gasteiger partial charge in [0.2, 0.25) is 0 Å². The number of nitrogen functional groups attached to an aromatic ring is 1. The largest absolute Gasteiger partial charge is 0.379 e. The highest BCUT2D eigenvalue weighted by Crippen LogP contribution is 2.26. The van der Waals surface area contributed by atoms with E-state index in [9.17, 15) is 4.79 Å². The smallest absolute Gasteiger partial charge is 0.266 e. The fourth-order valence-corrected chi connectivity index (χ4v) is 4.08. The molecule has 2 fully saturated rings. The minimum absolute atomic E-state index is 0.102. The van der Waals surface area contributed by atoms with Crippen molar-refractivity contribution in [3.63, 3.8) is 0 Å². The molecule has 6 nitrogen and oxygen atoms in total. The fraction of sp³-hybridized carbons (Fsp3) is 0.733. The first-order chi connectivity index (χ1) is 10.6. The Labute approximate surface area is 135 Å². The van der Waals surface area contributed by atoms with Crippen molar-refractivity contribution in [3.05, 3.63) is 10.6 Å². The molecule has 0 radical (unpaired) electrons. The molecular weight excluding hydrogens is 300 g/mol. The van der Waals surface area contributed by atoms with E-state index >= 15 is 0 Å². The van der Waals surface area contributed by atoms with Crippen LogP contribution in [0.4, 0.5) is 5.13 Å². The number of piperidine rings is 1. The summed E-state index contributed by atoms with van der Waals surface area (Å²) in [6.45, 7) is 7.17. The molecule has 3 heterocycles. The number of anilines is 1. The second-order valence-corrected chi connectivity index (χ2v) is 7.06. The van der Waals surface area contributed by atoms with E-state index in [0.717, 1.165) is 57.9 Å². The minimum Gasteiger partial charge on any atom is -0.379 e. The number of ether oxygens (including phenoxy) is 1. The Morgan fingerprint density at radius 2 is 2.14 bits per heavy atom. The zero-order valence-corrected chi connectivity index (χ0v) is 13.9. The number of carbonyl (C=O) groups excluding carboxylic acids is 1. The van der Waals surface area contributed by atoms with Gasteiger partial charge in [0.25, 0.3) is 5.91 Å². The van der Waals surface area contributed by atoms with Crippen LogP contribution < -0.4 is 5.73 Å². The van der Waals surface area contributed by atoms with Crippen molar-refractivity contribution in [2.75, 3.05) is 45.1 Å². The van der Waals surface area contributed by atoms with Crippen LogP contribution in [0.1, 0.15) is 34.6 Å². The summed E-state index contributed by atoms with van der Waals surface area (Å²) in [5.41, 5.74) is 6.50. The summed E-state index contributed by atoms with van der Waals surface area (Å²) in [7, 11) is 0. The van der Waals surface area contributed by atoms with Crippen LogP contribution in [0.5, 0.6) is 0 Å². The van der Waals surface area contributed by atoms with Gasteiger partial charge in [0.1, 0.15) is 4.88 Å². The maximum absolute atomic E-state index is 12.9. The highest BCUT2D eigenvalue weighted by molar-refractivity contribution is 7.17. The highest BCUT2D eigenvalue weighted by Gasteiger charge is 2.31. The van der Waals surface area contributed by atoms with Gasteiger partial charge in [-0.3, -0.25) is 9.69 Å². The molecule has 2 aliphatic heterocycles. The Balaban J connectivity index is 1.71. The van der Waals surface area contributed by atoms with Gasteiger partial charge in [-0.15, -0.1) is 0 Å². The predicted molar refractivity (Wildman–Crippen MR) is 87.2 cm³/mol. The van der Waals surface area contributed by atoms with Crippen LogP contribution in [0.25, 0.3) is 0 Å². The van der Waals surface area contributed by atoms with Gasteiger partial charge in [-0.05, 0) is 26.2 Å². The lowest BCUT2D eigenvalue weighted by Crippen LogP contribution is -2.51. The predicted octanol–water partition coefficient (Wildman–Crippen LogP) is 1.36. The number of thiazole rings is 1. The van der Waals surface area contributed by atoms with Gasteiger partial charge >= 0.3 is 0 Å². The molecule has 0 spiro atoms. The third-order valence-electron chi connectivity index (χ3n) is 4.47. The molecule has 122 valence electrons. The van der Waals surface area contributed by atoms with Crippen molar-refractivity contribution in [2.45, 2.75) is 32.2 Å². The van der Waals surface area contributed by atoms with Gasteiger partial charge in [-0.25, -0.2) is 4.98 Å². The van der Waals surface area contributed by atoms with Crippen LogP contribution in [0.3, 0.4) is 0 Å². The highest BCUT2D eigenvalue weighted by atomic mass is 32.1. The van der Waals surface area contributed by atoms with E-state index < -0.39 is 0 Å². The fourth-order valence-electron chi connectivity index (χ4n) is 3.29. The molecule has 2 aliphatic rings. The number of aromatic nitrogens is 1. The second-order valence-electron chi connectivity index (χ2n) is 6.03. The van der Waals surface area contributed by atoms with Gasteiger partial charge < -0.3 is 15.4 Å². The zero-order chi connectivity index (χ0) is 15.5. The third-order valence-corrected chi connectivity index (χ3v) is 5.44. The Morgan fingerprint density at radius 3 is 2.82 bits per heavy atom. The summed E-state index contributed by atoms with van der Waals surface area (Å²) in [5, 5.41) is 0.475. The Hall–Kier alpha value is -1.18. The van der Waals surface area contributed by atoms with Crippen molar-refractivity contribution < 1.29 is 9.53 Å². The normalized spacial score (nSPS) is 23.7. The number of amides is 1. The van der Waals surface area contributed by atoms with Crippen LogP contribution in [-0.2, 0) is 4.74 Å². The Morgan fingerprint density at radius 1 is 1.36 bits per heavy atom. The molecule has 3 rings (SSSR count). The van der Waals surface area contributed by atoms with Gasteiger partial charge in [0.15, 0.2) is 5.13 Å². The topological polar surface area (TPSA) is 71.7 Å². The molecule has 2 N–H and O–H groups in total. The quantitative estimate of drug-likeness (QED) is 0.909. The average Bonchev–Trinajstić information content (AvgIpc) is 2.87. The van der Waals surface area contributed by atoms with Crippen LogP contribution in [-0.4, -0.2) is 66.1 Å². The molecule has 1 aromatic heterocycles. The number of nitrogens with two attached hydrogens (primary N) is 1. The maximum atomic E-state index is 12.9. The van der Waals surface area contributed by atoms with E-state index in [1.807, 2.05) is 11.8 Å². The summed E-state index contributed by atoms with van der Waals surface area (Å²) in [6.07, 6.45) is 3.36. The molecule has 2 saturated heterocycles. The maximum Gasteiger partial charge on any atom is 0.266 e. The standard InChI is InChI=1S/C15H24N4O2S/c1-11-13(22-15(16)17-11)14(20)19-5-3-2-4-12(19)10-18-6-8-21-9-7-18/h12H,2-10H2,1H3,(H2,16,17)/t12-/m0/s1. The van der Waals surface area contributed by atoms with Crippen LogP contribution in [0, 0.1) is 6.92 Å². The first-order valence-electron chi connectivity index (χ1n) is 7.99. The van der Waals surface area contributed by atoms with Crippen molar-refractivity contribution in [1.29, 1.82) is 0 Å². The molecule has 22 heavy (non-hydrogen) atoms. The summed E-state index contributed by atoms with van der Waals surface area (Å²) in [6, 6.07) is 0.294. The van der Waals surface area contributed by atoms with E-state index in [1.165, 1.54) is 17.8 Å². The third kappa shape index (κ3) is 3.42. The van der Waals surface area contributed by atoms with Gasteiger partial charge in [-0.1, -0.05) is 11.3 Å². The van der Waals surface area contributed by atoms with E-state index in [4.69, 9.17) is 10.5 Å². The van der Waals surface area contributed by atoms with Crippen molar-refractivity contribution in [1.82, 2.24) is 14.8 Å². The second kappa shape index (κ2) is 6.93. The van der Waals surface area contributed by atoms with E-state index in [1.54, 1.807) is 0 Å². The molecule has 1 aromatic rings. The first kappa shape index (κ1) is 15.7. The van der Waals surface area contributed by atoms with Crippen LogP contribution >= 0.6 is 11.3 Å². The molecule has 0 unspecified atom stereocenters. The first-order valence-corrected chi connectivity index (χ1v) is 8.81. The van der Waals surface area contributed by atoms with E-state index in [0.29, 0.717) is 16.1 Å². The van der Waals surface area contributed by atoms with Crippen molar-refractivity contribution >= 4 is 22.4 Å². The monoisotopic (exact) mass is 324 g/mol. The number of carbonyl (C=O) groups is 1. The van der Waals surface area contributed by atoms with Gasteiger partial charge in [0.05, 0.1) is 18.9 Å². The Bertz CT molecular complexity index is 528. The number of rotatable bonds is 3.